The standard InChI is InChI=1S/C18H29GeP.2C9H21Si/c1-16(2,3)12-10-13(17(4,5)6)15(20-19)14(11-12)18(7,8)9;2*1-8(2,3)10(7)9(4,5)6/h10-11H,1-9H3;2*1-7H3. The first-order valence-electron chi connectivity index (χ1n) is 15.4. The van der Waals surface area contributed by atoms with E-state index in [0.717, 1.165) is 0 Å². The third-order valence-electron chi connectivity index (χ3n) is 8.20. The van der Waals surface area contributed by atoms with E-state index in [-0.39, 0.29) is 33.8 Å². The van der Waals surface area contributed by atoms with E-state index >= 15 is 0 Å². The Labute approximate surface area is 267 Å². The SMILES string of the molecule is CC(C)(C)c1cc(C(C)(C)C)c([P]=[Ge])c(C(C)(C)C)c1.C[Si](C(C)(C)C)C(C)(C)C.C[Si](C(C)(C)C)C(C)(C)C. The maximum absolute atomic E-state index is 2.45. The topological polar surface area (TPSA) is 0 Å². The Morgan fingerprint density at radius 1 is 0.450 bits per heavy atom. The molecule has 0 aliphatic rings. The minimum Gasteiger partial charge on any atom is -0.0703 e. The molecule has 1 aromatic carbocycles. The van der Waals surface area contributed by atoms with Crippen molar-refractivity contribution in [3.63, 3.8) is 0 Å². The minimum absolute atomic E-state index is 0.194. The summed E-state index contributed by atoms with van der Waals surface area (Å²) >= 11 is 2.26. The van der Waals surface area contributed by atoms with Crippen LogP contribution in [0.2, 0.25) is 33.2 Å². The summed E-state index contributed by atoms with van der Waals surface area (Å²) < 4.78 is 0. The van der Waals surface area contributed by atoms with Crippen LogP contribution in [0.1, 0.15) is 162 Å². The molecule has 0 N–H and O–H groups in total. The van der Waals surface area contributed by atoms with Gasteiger partial charge in [-0.3, -0.25) is 0 Å². The van der Waals surface area contributed by atoms with E-state index < -0.39 is 0 Å². The minimum atomic E-state index is -0.221. The van der Waals surface area contributed by atoms with Crippen LogP contribution in [0.25, 0.3) is 0 Å². The molecule has 0 aliphatic heterocycles. The van der Waals surface area contributed by atoms with Gasteiger partial charge in [-0.05, 0) is 20.2 Å². The van der Waals surface area contributed by atoms with Crippen LogP contribution in [-0.4, -0.2) is 33.2 Å². The summed E-state index contributed by atoms with van der Waals surface area (Å²) in [6.07, 6.45) is 0. The molecule has 0 heterocycles. The molecular weight excluding hydrogens is 592 g/mol. The maximum atomic E-state index is 2.45. The van der Waals surface area contributed by atoms with Crippen LogP contribution >= 0.6 is 6.75 Å². The Balaban J connectivity index is 0. The van der Waals surface area contributed by atoms with Gasteiger partial charge in [0.2, 0.25) is 0 Å². The van der Waals surface area contributed by atoms with Crippen molar-refractivity contribution in [3.8, 4) is 0 Å². The van der Waals surface area contributed by atoms with Crippen LogP contribution < -0.4 is 5.30 Å². The molecule has 0 nitrogen and oxygen atoms in total. The molecule has 0 saturated heterocycles. The molecule has 4 radical (unpaired) electrons. The molecule has 40 heavy (non-hydrogen) atoms. The fourth-order valence-corrected chi connectivity index (χ4v) is 11.6. The van der Waals surface area contributed by atoms with E-state index in [4.69, 9.17) is 0 Å². The van der Waals surface area contributed by atoms with Gasteiger partial charge >= 0.3 is 135 Å². The molecule has 0 aromatic heterocycles. The van der Waals surface area contributed by atoms with Gasteiger partial charge in [-0.2, -0.15) is 0 Å². The summed E-state index contributed by atoms with van der Waals surface area (Å²) in [6, 6.07) is 4.89. The summed E-state index contributed by atoms with van der Waals surface area (Å²) in [6.45, 7) is 55.4. The van der Waals surface area contributed by atoms with Crippen molar-refractivity contribution in [3.05, 3.63) is 28.8 Å². The van der Waals surface area contributed by atoms with Crippen molar-refractivity contribution in [2.75, 3.05) is 0 Å². The maximum Gasteiger partial charge on any atom is 0.0561 e. The fourth-order valence-electron chi connectivity index (χ4n) is 4.58. The molecule has 0 saturated carbocycles. The van der Waals surface area contributed by atoms with Gasteiger partial charge in [0.25, 0.3) is 0 Å². The molecular formula is C36H71GePSi2. The zero-order valence-corrected chi connectivity index (χ0v) is 36.6. The van der Waals surface area contributed by atoms with Crippen molar-refractivity contribution in [1.29, 1.82) is 0 Å². The van der Waals surface area contributed by atoms with Crippen LogP contribution in [-0.2, 0) is 16.2 Å². The predicted octanol–water partition coefficient (Wildman–Crippen LogP) is 12.7. The predicted molar refractivity (Wildman–Crippen MR) is 197 cm³/mol. The third-order valence-corrected chi connectivity index (χ3v) is 19.3. The molecule has 0 bridgehead atoms. The van der Waals surface area contributed by atoms with Gasteiger partial charge < -0.3 is 0 Å². The quantitative estimate of drug-likeness (QED) is 0.207. The molecule has 0 amide bonds. The first-order valence-corrected chi connectivity index (χ1v) is 23.1. The molecule has 0 unspecified atom stereocenters. The van der Waals surface area contributed by atoms with Crippen LogP contribution in [0.15, 0.2) is 12.1 Å². The fraction of sp³-hybridized carbons (Fsp3) is 0.833. The van der Waals surface area contributed by atoms with E-state index in [1.54, 1.807) is 0 Å². The summed E-state index contributed by atoms with van der Waals surface area (Å²) in [7, 11) is -0.441. The van der Waals surface area contributed by atoms with Gasteiger partial charge in [0.1, 0.15) is 0 Å². The summed E-state index contributed by atoms with van der Waals surface area (Å²) in [5.41, 5.74) is 5.07. The van der Waals surface area contributed by atoms with E-state index in [9.17, 15) is 0 Å². The van der Waals surface area contributed by atoms with Crippen LogP contribution in [0.5, 0.6) is 0 Å². The second kappa shape index (κ2) is 14.5. The Bertz CT molecular complexity index is 835. The van der Waals surface area contributed by atoms with E-state index in [1.807, 2.05) is 0 Å². The van der Waals surface area contributed by atoms with E-state index in [0.29, 0.717) is 20.2 Å². The van der Waals surface area contributed by atoms with Gasteiger partial charge in [-0.25, -0.2) is 0 Å². The van der Waals surface area contributed by atoms with Gasteiger partial charge in [0.15, 0.2) is 0 Å². The van der Waals surface area contributed by atoms with Crippen molar-refractivity contribution < 1.29 is 0 Å². The molecule has 232 valence electrons. The molecule has 0 aliphatic carbocycles. The summed E-state index contributed by atoms with van der Waals surface area (Å²) in [4.78, 5) is 0. The second-order valence-electron chi connectivity index (χ2n) is 19.0. The molecule has 0 atom stereocenters. The van der Waals surface area contributed by atoms with Crippen LogP contribution in [0, 0.1) is 0 Å². The zero-order chi connectivity index (χ0) is 33.1. The zero-order valence-electron chi connectivity index (χ0n) is 31.6. The smallest absolute Gasteiger partial charge is 0.0561 e. The largest absolute Gasteiger partial charge is 0.0703 e. The van der Waals surface area contributed by atoms with Crippen LogP contribution in [0.4, 0.5) is 0 Å². The third kappa shape index (κ3) is 14.8. The second-order valence-corrected chi connectivity index (χ2v) is 29.6. The molecule has 1 rings (SSSR count). The van der Waals surface area contributed by atoms with Crippen molar-refractivity contribution >= 4 is 45.2 Å². The number of hydrogen-bond acceptors (Lipinski definition) is 0. The van der Waals surface area contributed by atoms with Crippen molar-refractivity contribution in [2.24, 2.45) is 0 Å². The summed E-state index contributed by atoms with van der Waals surface area (Å²) in [5, 5.41) is 3.70. The van der Waals surface area contributed by atoms with E-state index in [2.05, 4.69) is 186 Å². The van der Waals surface area contributed by atoms with Gasteiger partial charge in [-0.1, -0.05) is 96.2 Å². The van der Waals surface area contributed by atoms with Gasteiger partial charge in [-0.15, -0.1) is 0 Å². The Hall–Kier alpha value is 0.497. The average molecular weight is 664 g/mol. The summed E-state index contributed by atoms with van der Waals surface area (Å²) in [5.74, 6) is 0. The Kier molecular flexibility index (Phi) is 15.5. The van der Waals surface area contributed by atoms with Crippen molar-refractivity contribution in [2.45, 2.75) is 195 Å². The number of rotatable bonds is 1. The molecule has 4 heteroatoms. The average Bonchev–Trinajstić information content (AvgIpc) is 2.67. The van der Waals surface area contributed by atoms with Crippen LogP contribution in [0.3, 0.4) is 0 Å². The molecule has 0 fully saturated rings. The molecule has 1 aromatic rings. The van der Waals surface area contributed by atoms with Crippen molar-refractivity contribution in [1.82, 2.24) is 0 Å². The Morgan fingerprint density at radius 3 is 0.775 bits per heavy atom. The Morgan fingerprint density at radius 2 is 0.675 bits per heavy atom. The van der Waals surface area contributed by atoms with E-state index in [1.165, 1.54) is 28.7 Å². The number of benzene rings is 1. The first-order chi connectivity index (χ1) is 17.1. The first kappa shape index (κ1) is 42.6. The molecule has 0 spiro atoms. The van der Waals surface area contributed by atoms with Gasteiger partial charge in [0.05, 0.1) is 17.6 Å². The number of hydrogen-bond donors (Lipinski definition) is 0. The monoisotopic (exact) mass is 664 g/mol. The normalized spacial score (nSPS) is 14.1. The van der Waals surface area contributed by atoms with Gasteiger partial charge in [0, 0.05) is 0 Å².